The molecule has 0 amide bonds. The summed E-state index contributed by atoms with van der Waals surface area (Å²) >= 11 is 0. The molecule has 3 aliphatic rings. The number of hydrogen-bond acceptors (Lipinski definition) is 2. The van der Waals surface area contributed by atoms with Gasteiger partial charge in [-0.25, -0.2) is 9.18 Å². The first-order chi connectivity index (χ1) is 12.1. The van der Waals surface area contributed by atoms with Crippen LogP contribution in [0, 0.1) is 23.6 Å². The van der Waals surface area contributed by atoms with Crippen molar-refractivity contribution in [3.63, 3.8) is 0 Å². The van der Waals surface area contributed by atoms with Crippen LogP contribution < -0.4 is 5.32 Å². The summed E-state index contributed by atoms with van der Waals surface area (Å²) in [5, 5.41) is 13.0. The van der Waals surface area contributed by atoms with E-state index < -0.39 is 5.97 Å². The molecule has 0 aromatic heterocycles. The number of nitrogens with one attached hydrogen (secondary N) is 1. The van der Waals surface area contributed by atoms with Gasteiger partial charge < -0.3 is 10.4 Å². The molecule has 1 aliphatic heterocycles. The maximum atomic E-state index is 13.4. The molecule has 128 valence electrons. The van der Waals surface area contributed by atoms with Crippen LogP contribution in [0.1, 0.15) is 52.7 Å². The summed E-state index contributed by atoms with van der Waals surface area (Å²) < 4.78 is 13.4. The normalized spacial score (nSPS) is 32.0. The van der Waals surface area contributed by atoms with Gasteiger partial charge in [-0.3, -0.25) is 0 Å². The van der Waals surface area contributed by atoms with E-state index in [4.69, 9.17) is 0 Å². The van der Waals surface area contributed by atoms with Crippen LogP contribution in [0.2, 0.25) is 0 Å². The van der Waals surface area contributed by atoms with Crippen molar-refractivity contribution < 1.29 is 14.3 Å². The standard InChI is InChI=1S/C21H20FNO2/c22-15-6-3-11(4-7-15)20-19-13-2-1-12(9-13)18(19)16-10-14(21(24)25)5-8-17(16)23-20/h3-8,10,12-13,18-20,23H,1-2,9H2,(H,24,25)/t12-,13-,18-,19+,20+/m0/s1. The molecule has 1 heterocycles. The summed E-state index contributed by atoms with van der Waals surface area (Å²) in [4.78, 5) is 11.4. The van der Waals surface area contributed by atoms with Crippen molar-refractivity contribution in [1.82, 2.24) is 0 Å². The van der Waals surface area contributed by atoms with Gasteiger partial charge in [0.25, 0.3) is 0 Å². The Balaban J connectivity index is 1.62. The van der Waals surface area contributed by atoms with E-state index in [0.717, 1.165) is 16.8 Å². The number of anilines is 1. The van der Waals surface area contributed by atoms with E-state index in [2.05, 4.69) is 5.32 Å². The lowest BCUT2D eigenvalue weighted by Crippen LogP contribution is -2.35. The zero-order valence-electron chi connectivity index (χ0n) is 13.8. The molecule has 0 saturated heterocycles. The minimum atomic E-state index is -0.872. The molecule has 2 fully saturated rings. The highest BCUT2D eigenvalue weighted by Gasteiger charge is 2.53. The Kier molecular flexibility index (Phi) is 3.18. The van der Waals surface area contributed by atoms with Gasteiger partial charge in [0.05, 0.1) is 11.6 Å². The number of carboxylic acids is 1. The molecule has 5 rings (SSSR count). The van der Waals surface area contributed by atoms with E-state index >= 15 is 0 Å². The van der Waals surface area contributed by atoms with E-state index in [1.165, 1.54) is 31.4 Å². The molecule has 0 unspecified atom stereocenters. The highest BCUT2D eigenvalue weighted by atomic mass is 19.1. The number of hydrogen-bond donors (Lipinski definition) is 2. The van der Waals surface area contributed by atoms with Crippen LogP contribution in [-0.2, 0) is 0 Å². The lowest BCUT2D eigenvalue weighted by molar-refractivity contribution is 0.0696. The van der Waals surface area contributed by atoms with Crippen LogP contribution in [0.4, 0.5) is 10.1 Å². The molecule has 2 aliphatic carbocycles. The molecule has 2 aromatic carbocycles. The average Bonchev–Trinajstić information content (AvgIpc) is 3.23. The fourth-order valence-electron chi connectivity index (χ4n) is 5.62. The van der Waals surface area contributed by atoms with E-state index in [0.29, 0.717) is 29.2 Å². The first-order valence-corrected chi connectivity index (χ1v) is 9.01. The predicted molar refractivity (Wildman–Crippen MR) is 93.2 cm³/mol. The number of rotatable bonds is 2. The van der Waals surface area contributed by atoms with Crippen LogP contribution >= 0.6 is 0 Å². The monoisotopic (exact) mass is 337 g/mol. The Morgan fingerprint density at radius 3 is 2.60 bits per heavy atom. The fourth-order valence-corrected chi connectivity index (χ4v) is 5.62. The minimum Gasteiger partial charge on any atom is -0.478 e. The van der Waals surface area contributed by atoms with Gasteiger partial charge in [-0.15, -0.1) is 0 Å². The number of aromatic carboxylic acids is 1. The Morgan fingerprint density at radius 2 is 1.84 bits per heavy atom. The molecule has 25 heavy (non-hydrogen) atoms. The third-order valence-electron chi connectivity index (χ3n) is 6.56. The van der Waals surface area contributed by atoms with Gasteiger partial charge in [0.15, 0.2) is 0 Å². The molecule has 5 atom stereocenters. The van der Waals surface area contributed by atoms with Gasteiger partial charge in [-0.05, 0) is 84.4 Å². The maximum absolute atomic E-state index is 13.4. The average molecular weight is 337 g/mol. The fraction of sp³-hybridized carbons (Fsp3) is 0.381. The van der Waals surface area contributed by atoms with Crippen molar-refractivity contribution in [2.45, 2.75) is 31.2 Å². The molecule has 2 saturated carbocycles. The van der Waals surface area contributed by atoms with Crippen LogP contribution in [0.5, 0.6) is 0 Å². The Bertz CT molecular complexity index is 847. The maximum Gasteiger partial charge on any atom is 0.335 e. The Labute approximate surface area is 145 Å². The van der Waals surface area contributed by atoms with Gasteiger partial charge >= 0.3 is 5.97 Å². The number of benzene rings is 2. The summed E-state index contributed by atoms with van der Waals surface area (Å²) in [5.41, 5.74) is 3.68. The number of fused-ring (bicyclic) bond motifs is 7. The Morgan fingerprint density at radius 1 is 1.08 bits per heavy atom. The topological polar surface area (TPSA) is 49.3 Å². The van der Waals surface area contributed by atoms with Crippen LogP contribution in [0.25, 0.3) is 0 Å². The minimum absolute atomic E-state index is 0.170. The van der Waals surface area contributed by atoms with Crippen molar-refractivity contribution in [3.8, 4) is 0 Å². The molecular formula is C21H20FNO2. The third-order valence-corrected chi connectivity index (χ3v) is 6.56. The van der Waals surface area contributed by atoms with E-state index in [1.54, 1.807) is 6.07 Å². The van der Waals surface area contributed by atoms with Gasteiger partial charge in [-0.1, -0.05) is 12.1 Å². The van der Waals surface area contributed by atoms with Crippen molar-refractivity contribution in [2.75, 3.05) is 5.32 Å². The first kappa shape index (κ1) is 14.9. The lowest BCUT2D eigenvalue weighted by Gasteiger charge is -2.43. The number of carbonyl (C=O) groups is 1. The quantitative estimate of drug-likeness (QED) is 0.826. The zero-order valence-corrected chi connectivity index (χ0v) is 13.8. The molecule has 2 aromatic rings. The van der Waals surface area contributed by atoms with Crippen molar-refractivity contribution in [2.24, 2.45) is 17.8 Å². The predicted octanol–water partition coefficient (Wildman–Crippen LogP) is 4.82. The largest absolute Gasteiger partial charge is 0.478 e. The van der Waals surface area contributed by atoms with Gasteiger partial charge in [0, 0.05) is 5.69 Å². The van der Waals surface area contributed by atoms with E-state index in [9.17, 15) is 14.3 Å². The van der Waals surface area contributed by atoms with Gasteiger partial charge in [-0.2, -0.15) is 0 Å². The first-order valence-electron chi connectivity index (χ1n) is 9.01. The summed E-state index contributed by atoms with van der Waals surface area (Å²) in [5.74, 6) is 1.09. The molecule has 0 radical (unpaired) electrons. The van der Waals surface area contributed by atoms with Crippen LogP contribution in [-0.4, -0.2) is 11.1 Å². The summed E-state index contributed by atoms with van der Waals surface area (Å²) in [6, 6.07) is 12.4. The third kappa shape index (κ3) is 2.20. The van der Waals surface area contributed by atoms with Crippen LogP contribution in [0.15, 0.2) is 42.5 Å². The van der Waals surface area contributed by atoms with Gasteiger partial charge in [0.2, 0.25) is 0 Å². The van der Waals surface area contributed by atoms with Gasteiger partial charge in [0.1, 0.15) is 5.82 Å². The van der Waals surface area contributed by atoms with Crippen molar-refractivity contribution in [3.05, 3.63) is 65.0 Å². The van der Waals surface area contributed by atoms with Crippen LogP contribution in [0.3, 0.4) is 0 Å². The van der Waals surface area contributed by atoms with Crippen molar-refractivity contribution in [1.29, 1.82) is 0 Å². The second kappa shape index (κ2) is 5.32. The highest BCUT2D eigenvalue weighted by molar-refractivity contribution is 5.88. The highest BCUT2D eigenvalue weighted by Crippen LogP contribution is 2.63. The summed E-state index contributed by atoms with van der Waals surface area (Å²) in [6.07, 6.45) is 3.71. The summed E-state index contributed by atoms with van der Waals surface area (Å²) in [7, 11) is 0. The van der Waals surface area contributed by atoms with E-state index in [-0.39, 0.29) is 11.9 Å². The van der Waals surface area contributed by atoms with Crippen molar-refractivity contribution >= 4 is 11.7 Å². The second-order valence-corrected chi connectivity index (χ2v) is 7.72. The lowest BCUT2D eigenvalue weighted by atomic mass is 9.68. The molecular weight excluding hydrogens is 317 g/mol. The molecule has 2 N–H and O–H groups in total. The second-order valence-electron chi connectivity index (χ2n) is 7.72. The summed E-state index contributed by atoms with van der Waals surface area (Å²) in [6.45, 7) is 0. The SMILES string of the molecule is O=C(O)c1ccc2c(c1)[C@@H]1[C@H]3CC[C@@H](C3)[C@H]1[C@@H](c1ccc(F)cc1)N2. The number of carboxylic acid groups (broad SMARTS) is 1. The smallest absolute Gasteiger partial charge is 0.335 e. The molecule has 3 nitrogen and oxygen atoms in total. The Hall–Kier alpha value is -2.36. The van der Waals surface area contributed by atoms with E-state index in [1.807, 2.05) is 24.3 Å². The zero-order chi connectivity index (χ0) is 17.1. The number of halogens is 1. The molecule has 0 spiro atoms. The molecule has 2 bridgehead atoms. The molecule has 4 heteroatoms.